The van der Waals surface area contributed by atoms with Crippen LogP contribution < -0.4 is 0 Å². The Morgan fingerprint density at radius 3 is 2.17 bits per heavy atom. The number of carbonyl (C=O) groups is 1. The van der Waals surface area contributed by atoms with Crippen LogP contribution >= 0.6 is 0 Å². The van der Waals surface area contributed by atoms with Crippen LogP contribution in [-0.2, 0) is 4.79 Å². The Labute approximate surface area is 44.8 Å². The first-order valence-electron chi connectivity index (χ1n) is 1.58. The van der Waals surface area contributed by atoms with Crippen LogP contribution in [0.5, 0.6) is 0 Å². The molecule has 3 radical (unpaired) electrons. The maximum absolute atomic E-state index is 9.70. The average molecular weight is 146 g/mol. The van der Waals surface area contributed by atoms with Gasteiger partial charge in [-0.3, -0.25) is 0 Å². The predicted molar refractivity (Wildman–Crippen MR) is 22.8 cm³/mol. The molecule has 0 aromatic rings. The zero-order valence-electron chi connectivity index (χ0n) is 3.43. The second kappa shape index (κ2) is 2.23. The van der Waals surface area contributed by atoms with E-state index in [0.717, 1.165) is 0 Å². The van der Waals surface area contributed by atoms with E-state index in [2.05, 4.69) is 0 Å². The number of carboxylic acid groups (broad SMARTS) is 1. The van der Waals surface area contributed by atoms with Gasteiger partial charge in [-0.05, 0) is 0 Å². The van der Waals surface area contributed by atoms with Crippen LogP contribution in [0.2, 0.25) is 4.75 Å². The van der Waals surface area contributed by atoms with Gasteiger partial charge in [-0.2, -0.15) is 0 Å². The van der Waals surface area contributed by atoms with Crippen molar-refractivity contribution in [2.75, 3.05) is 0 Å². The molecule has 33 valence electrons. The van der Waals surface area contributed by atoms with E-state index in [1.165, 1.54) is 0 Å². The molecule has 0 spiro atoms. The van der Waals surface area contributed by atoms with Gasteiger partial charge in [0.15, 0.2) is 0 Å². The van der Waals surface area contributed by atoms with E-state index in [1.807, 2.05) is 0 Å². The minimum atomic E-state index is -0.741. The summed E-state index contributed by atoms with van der Waals surface area (Å²) in [5, 5.41) is 7.99. The molecular weight excluding hydrogens is 141 g/mol. The van der Waals surface area contributed by atoms with Crippen molar-refractivity contribution in [3.63, 3.8) is 0 Å². The Morgan fingerprint density at radius 2 is 2.17 bits per heavy atom. The third-order valence-corrected chi connectivity index (χ3v) is 0.889. The summed E-state index contributed by atoms with van der Waals surface area (Å²) < 4.78 is -0.231. The molecule has 0 saturated heterocycles. The first-order valence-corrected chi connectivity index (χ1v) is 2.79. The number of hydrogen-bond donors (Lipinski definition) is 1. The van der Waals surface area contributed by atoms with Crippen LogP contribution in [0.4, 0.5) is 0 Å². The molecule has 0 heterocycles. The maximum atomic E-state index is 9.70. The average Bonchev–Trinajstić information content (AvgIpc) is 1.36. The molecule has 2 nitrogen and oxygen atoms in total. The van der Waals surface area contributed by atoms with Crippen molar-refractivity contribution in [1.29, 1.82) is 0 Å². The molecule has 6 heavy (non-hydrogen) atoms. The first kappa shape index (κ1) is 6.01. The third kappa shape index (κ3) is 2.26. The van der Waals surface area contributed by atoms with Crippen LogP contribution in [0.3, 0.4) is 0 Å². The van der Waals surface area contributed by atoms with Crippen LogP contribution in [0.1, 0.15) is 6.92 Å². The van der Waals surface area contributed by atoms with Gasteiger partial charge in [-0.15, -0.1) is 0 Å². The van der Waals surface area contributed by atoms with Gasteiger partial charge >= 0.3 is 44.1 Å². The normalized spacial score (nSPS) is 13.7. The molecule has 1 N–H and O–H groups in total. The van der Waals surface area contributed by atoms with Crippen LogP contribution in [0, 0.1) is 0 Å². The molecule has 3 heteroatoms. The number of carboxylic acids is 1. The van der Waals surface area contributed by atoms with Crippen LogP contribution in [0.15, 0.2) is 0 Å². The molecule has 0 bridgehead atoms. The zero-order chi connectivity index (χ0) is 5.15. The molecule has 0 aromatic carbocycles. The molecule has 0 rings (SSSR count). The summed E-state index contributed by atoms with van der Waals surface area (Å²) in [5.41, 5.74) is 0. The summed E-state index contributed by atoms with van der Waals surface area (Å²) in [6, 6.07) is 0. The number of aliphatic carboxylic acids is 1. The van der Waals surface area contributed by atoms with Gasteiger partial charge in [-0.25, -0.2) is 0 Å². The van der Waals surface area contributed by atoms with E-state index in [4.69, 9.17) is 5.11 Å². The van der Waals surface area contributed by atoms with Gasteiger partial charge in [0.25, 0.3) is 0 Å². The summed E-state index contributed by atoms with van der Waals surface area (Å²) in [5.74, 6) is -0.741. The van der Waals surface area contributed by atoms with Crippen LogP contribution in [0.25, 0.3) is 0 Å². The molecule has 0 saturated carbocycles. The van der Waals surface area contributed by atoms with Gasteiger partial charge in [0.1, 0.15) is 0 Å². The molecule has 0 aromatic heterocycles. The fourth-order valence-corrected chi connectivity index (χ4v) is 0. The molecule has 0 aliphatic carbocycles. The standard InChI is InChI=1S/C3H5GeO2/c1-2(4)3(5)6/h2H,1H3,(H,5,6). The zero-order valence-corrected chi connectivity index (χ0v) is 5.53. The topological polar surface area (TPSA) is 37.3 Å². The van der Waals surface area contributed by atoms with Crippen molar-refractivity contribution < 1.29 is 9.90 Å². The summed E-state index contributed by atoms with van der Waals surface area (Å²) >= 11 is 1.64. The van der Waals surface area contributed by atoms with Crippen molar-refractivity contribution in [3.05, 3.63) is 0 Å². The Kier molecular flexibility index (Phi) is 2.24. The minimum absolute atomic E-state index is 0.231. The predicted octanol–water partition coefficient (Wildman–Crippen LogP) is 0.0479. The Balaban J connectivity index is 3.26. The Morgan fingerprint density at radius 1 is 2.00 bits per heavy atom. The molecule has 0 aliphatic heterocycles. The first-order chi connectivity index (χ1) is 2.64. The van der Waals surface area contributed by atoms with Crippen molar-refractivity contribution in [1.82, 2.24) is 0 Å². The Bertz CT molecular complexity index is 59.8. The summed E-state index contributed by atoms with van der Waals surface area (Å²) in [4.78, 5) is 9.70. The second-order valence-corrected chi connectivity index (χ2v) is 2.88. The van der Waals surface area contributed by atoms with E-state index < -0.39 is 5.97 Å². The second-order valence-electron chi connectivity index (χ2n) is 1.06. The van der Waals surface area contributed by atoms with E-state index in [1.54, 1.807) is 23.4 Å². The van der Waals surface area contributed by atoms with Crippen molar-refractivity contribution in [3.8, 4) is 0 Å². The van der Waals surface area contributed by atoms with Gasteiger partial charge in [-0.1, -0.05) is 0 Å². The van der Waals surface area contributed by atoms with Gasteiger partial charge in [0.05, 0.1) is 0 Å². The fraction of sp³-hybridized carbons (Fsp3) is 0.667. The SMILES string of the molecule is C[CH]([Ge])C(=O)O. The van der Waals surface area contributed by atoms with Crippen molar-refractivity contribution in [2.45, 2.75) is 11.7 Å². The molecule has 1 unspecified atom stereocenters. The van der Waals surface area contributed by atoms with E-state index in [-0.39, 0.29) is 4.75 Å². The number of hydrogen-bond acceptors (Lipinski definition) is 1. The molecular formula is C3H5GeO2. The van der Waals surface area contributed by atoms with E-state index >= 15 is 0 Å². The molecule has 0 amide bonds. The summed E-state index contributed by atoms with van der Waals surface area (Å²) in [6.07, 6.45) is 0. The molecule has 0 fully saturated rings. The van der Waals surface area contributed by atoms with Gasteiger partial charge in [0.2, 0.25) is 0 Å². The summed E-state index contributed by atoms with van der Waals surface area (Å²) in [6.45, 7) is 1.64. The molecule has 0 aliphatic rings. The van der Waals surface area contributed by atoms with Crippen molar-refractivity contribution >= 4 is 22.5 Å². The van der Waals surface area contributed by atoms with Crippen LogP contribution in [-0.4, -0.2) is 27.6 Å². The fourth-order valence-electron chi connectivity index (χ4n) is 0. The third-order valence-electron chi connectivity index (χ3n) is 0.370. The summed E-state index contributed by atoms with van der Waals surface area (Å²) in [7, 11) is 0. The number of rotatable bonds is 1. The van der Waals surface area contributed by atoms with Crippen molar-refractivity contribution in [2.24, 2.45) is 0 Å². The monoisotopic (exact) mass is 147 g/mol. The van der Waals surface area contributed by atoms with Gasteiger partial charge < -0.3 is 0 Å². The van der Waals surface area contributed by atoms with Gasteiger partial charge in [0, 0.05) is 0 Å². The van der Waals surface area contributed by atoms with E-state index in [9.17, 15) is 4.79 Å². The van der Waals surface area contributed by atoms with E-state index in [0.29, 0.717) is 0 Å². The quantitative estimate of drug-likeness (QED) is 0.530. The Hall–Kier alpha value is 0.0129. The molecule has 1 atom stereocenters.